The second-order valence-corrected chi connectivity index (χ2v) is 2.60. The number of ether oxygens (including phenoxy) is 1. The third kappa shape index (κ3) is 2.27. The molecule has 0 spiro atoms. The maximum atomic E-state index is 12.6. The number of nitrogens with two attached hydrogens (primary N) is 1. The Morgan fingerprint density at radius 2 is 2.25 bits per heavy atom. The first-order valence-electron chi connectivity index (χ1n) is 3.48. The highest BCUT2D eigenvalue weighted by Crippen LogP contribution is 2.18. The van der Waals surface area contributed by atoms with Crippen molar-refractivity contribution in [1.82, 2.24) is 0 Å². The molecule has 0 heterocycles. The van der Waals surface area contributed by atoms with Crippen LogP contribution in [0.4, 0.5) is 10.1 Å². The quantitative estimate of drug-likeness (QED) is 0.583. The Bertz CT molecular complexity index is 267. The molecular formula is C8H9ClFNO. The van der Waals surface area contributed by atoms with Crippen molar-refractivity contribution in [3.05, 3.63) is 24.0 Å². The molecule has 0 fully saturated rings. The normalized spacial score (nSPS) is 9.83. The van der Waals surface area contributed by atoms with Crippen molar-refractivity contribution in [2.75, 3.05) is 18.2 Å². The van der Waals surface area contributed by atoms with E-state index < -0.39 is 5.82 Å². The zero-order valence-electron chi connectivity index (χ0n) is 6.39. The molecule has 12 heavy (non-hydrogen) atoms. The van der Waals surface area contributed by atoms with Crippen LogP contribution < -0.4 is 10.5 Å². The van der Waals surface area contributed by atoms with Crippen LogP contribution in [-0.2, 0) is 0 Å². The molecule has 0 saturated carbocycles. The van der Waals surface area contributed by atoms with Gasteiger partial charge < -0.3 is 10.5 Å². The van der Waals surface area contributed by atoms with Gasteiger partial charge in [-0.3, -0.25) is 0 Å². The summed E-state index contributed by atoms with van der Waals surface area (Å²) in [5.74, 6) is 0.500. The van der Waals surface area contributed by atoms with Crippen LogP contribution in [0.15, 0.2) is 18.2 Å². The van der Waals surface area contributed by atoms with E-state index in [-0.39, 0.29) is 5.69 Å². The maximum Gasteiger partial charge on any atom is 0.146 e. The average Bonchev–Trinajstić information content (AvgIpc) is 2.07. The smallest absolute Gasteiger partial charge is 0.146 e. The lowest BCUT2D eigenvalue weighted by Crippen LogP contribution is -1.99. The Morgan fingerprint density at radius 3 is 2.83 bits per heavy atom. The van der Waals surface area contributed by atoms with Gasteiger partial charge in [-0.2, -0.15) is 0 Å². The summed E-state index contributed by atoms with van der Waals surface area (Å²) in [7, 11) is 0. The van der Waals surface area contributed by atoms with Crippen molar-refractivity contribution in [3.8, 4) is 5.75 Å². The van der Waals surface area contributed by atoms with Gasteiger partial charge in [-0.1, -0.05) is 0 Å². The number of halogens is 2. The van der Waals surface area contributed by atoms with Gasteiger partial charge in [0, 0.05) is 6.07 Å². The minimum absolute atomic E-state index is 0.0853. The van der Waals surface area contributed by atoms with Gasteiger partial charge in [0.25, 0.3) is 0 Å². The Labute approximate surface area is 75.1 Å². The summed E-state index contributed by atoms with van der Waals surface area (Å²) < 4.78 is 17.7. The summed E-state index contributed by atoms with van der Waals surface area (Å²) in [6.07, 6.45) is 0. The fourth-order valence-electron chi connectivity index (χ4n) is 0.768. The molecule has 0 aliphatic heterocycles. The topological polar surface area (TPSA) is 35.2 Å². The van der Waals surface area contributed by atoms with Gasteiger partial charge in [0.2, 0.25) is 0 Å². The predicted molar refractivity (Wildman–Crippen MR) is 47.0 cm³/mol. The molecule has 2 N–H and O–H groups in total. The van der Waals surface area contributed by atoms with Crippen molar-refractivity contribution in [1.29, 1.82) is 0 Å². The molecule has 0 bridgehead atoms. The summed E-state index contributed by atoms with van der Waals surface area (Å²) >= 11 is 5.39. The summed E-state index contributed by atoms with van der Waals surface area (Å²) in [4.78, 5) is 0. The molecule has 2 nitrogen and oxygen atoms in total. The van der Waals surface area contributed by atoms with Crippen molar-refractivity contribution in [2.45, 2.75) is 0 Å². The Balaban J connectivity index is 2.69. The summed E-state index contributed by atoms with van der Waals surface area (Å²) in [5, 5.41) is 0. The first-order valence-corrected chi connectivity index (χ1v) is 4.01. The molecule has 0 amide bonds. The van der Waals surface area contributed by atoms with Crippen LogP contribution in [0.3, 0.4) is 0 Å². The SMILES string of the molecule is Nc1cc(OCCCl)ccc1F. The van der Waals surface area contributed by atoms with Crippen LogP contribution in [0.1, 0.15) is 0 Å². The molecule has 1 aromatic rings. The summed E-state index contributed by atoms with van der Waals surface area (Å²) in [5.41, 5.74) is 5.39. The third-order valence-electron chi connectivity index (χ3n) is 1.31. The molecule has 0 radical (unpaired) electrons. The van der Waals surface area contributed by atoms with Gasteiger partial charge >= 0.3 is 0 Å². The van der Waals surface area contributed by atoms with Crippen LogP contribution in [0.5, 0.6) is 5.75 Å². The third-order valence-corrected chi connectivity index (χ3v) is 1.47. The largest absolute Gasteiger partial charge is 0.492 e. The first-order chi connectivity index (χ1) is 5.74. The van der Waals surface area contributed by atoms with Crippen LogP contribution >= 0.6 is 11.6 Å². The molecule has 0 aliphatic carbocycles. The highest BCUT2D eigenvalue weighted by atomic mass is 35.5. The van der Waals surface area contributed by atoms with Crippen LogP contribution in [-0.4, -0.2) is 12.5 Å². The van der Waals surface area contributed by atoms with Crippen molar-refractivity contribution >= 4 is 17.3 Å². The molecule has 0 saturated heterocycles. The van der Waals surface area contributed by atoms with E-state index in [0.717, 1.165) is 0 Å². The Kier molecular flexibility index (Phi) is 3.17. The van der Waals surface area contributed by atoms with E-state index in [1.54, 1.807) is 0 Å². The Hall–Kier alpha value is -0.960. The molecule has 0 aromatic heterocycles. The van der Waals surface area contributed by atoms with E-state index in [4.69, 9.17) is 22.1 Å². The minimum atomic E-state index is -0.437. The summed E-state index contributed by atoms with van der Waals surface area (Å²) in [6, 6.07) is 4.21. The van der Waals surface area contributed by atoms with E-state index >= 15 is 0 Å². The highest BCUT2D eigenvalue weighted by Gasteiger charge is 1.99. The van der Waals surface area contributed by atoms with Gasteiger partial charge in [0.05, 0.1) is 11.6 Å². The molecule has 1 rings (SSSR count). The number of nitrogen functional groups attached to an aromatic ring is 1. The minimum Gasteiger partial charge on any atom is -0.492 e. The molecule has 66 valence electrons. The van der Waals surface area contributed by atoms with Gasteiger partial charge in [0.1, 0.15) is 18.2 Å². The maximum absolute atomic E-state index is 12.6. The molecule has 4 heteroatoms. The van der Waals surface area contributed by atoms with E-state index in [0.29, 0.717) is 18.2 Å². The van der Waals surface area contributed by atoms with Gasteiger partial charge in [0.15, 0.2) is 0 Å². The standard InChI is InChI=1S/C8H9ClFNO/c9-3-4-12-6-1-2-7(10)8(11)5-6/h1-2,5H,3-4,11H2. The highest BCUT2D eigenvalue weighted by molar-refractivity contribution is 6.17. The molecular weight excluding hydrogens is 181 g/mol. The van der Waals surface area contributed by atoms with E-state index in [2.05, 4.69) is 0 Å². The van der Waals surface area contributed by atoms with E-state index in [1.165, 1.54) is 18.2 Å². The van der Waals surface area contributed by atoms with Gasteiger partial charge in [-0.15, -0.1) is 11.6 Å². The molecule has 1 aromatic carbocycles. The number of benzene rings is 1. The van der Waals surface area contributed by atoms with Gasteiger partial charge in [-0.05, 0) is 12.1 Å². The lowest BCUT2D eigenvalue weighted by Gasteiger charge is -2.04. The predicted octanol–water partition coefficient (Wildman–Crippen LogP) is 2.03. The van der Waals surface area contributed by atoms with Crippen molar-refractivity contribution < 1.29 is 9.13 Å². The molecule has 0 unspecified atom stereocenters. The van der Waals surface area contributed by atoms with Crippen molar-refractivity contribution in [2.24, 2.45) is 0 Å². The fourth-order valence-corrected chi connectivity index (χ4v) is 0.845. The van der Waals surface area contributed by atoms with Gasteiger partial charge in [-0.25, -0.2) is 4.39 Å². The second-order valence-electron chi connectivity index (χ2n) is 2.22. The van der Waals surface area contributed by atoms with Crippen LogP contribution in [0.25, 0.3) is 0 Å². The lowest BCUT2D eigenvalue weighted by atomic mass is 10.3. The number of hydrogen-bond acceptors (Lipinski definition) is 2. The average molecular weight is 190 g/mol. The van der Waals surface area contributed by atoms with E-state index in [9.17, 15) is 4.39 Å². The fraction of sp³-hybridized carbons (Fsp3) is 0.250. The zero-order valence-corrected chi connectivity index (χ0v) is 7.14. The second kappa shape index (κ2) is 4.16. The van der Waals surface area contributed by atoms with E-state index in [1.807, 2.05) is 0 Å². The zero-order chi connectivity index (χ0) is 8.97. The van der Waals surface area contributed by atoms with Crippen molar-refractivity contribution in [3.63, 3.8) is 0 Å². The molecule has 0 aliphatic rings. The monoisotopic (exact) mass is 189 g/mol. The number of rotatable bonds is 3. The molecule has 0 atom stereocenters. The van der Waals surface area contributed by atoms with Crippen LogP contribution in [0.2, 0.25) is 0 Å². The van der Waals surface area contributed by atoms with Crippen LogP contribution in [0, 0.1) is 5.82 Å². The first kappa shape index (κ1) is 9.13. The summed E-state index contributed by atoms with van der Waals surface area (Å²) in [6.45, 7) is 0.395. The number of hydrogen-bond donors (Lipinski definition) is 1. The number of anilines is 1. The Morgan fingerprint density at radius 1 is 1.50 bits per heavy atom. The lowest BCUT2D eigenvalue weighted by molar-refractivity contribution is 0.342. The number of alkyl halides is 1.